The van der Waals surface area contributed by atoms with Crippen LogP contribution in [0.15, 0.2) is 164 Å². The van der Waals surface area contributed by atoms with E-state index in [0.717, 1.165) is 28.1 Å². The molecule has 0 atom stereocenters. The van der Waals surface area contributed by atoms with E-state index in [-0.39, 0.29) is 0 Å². The van der Waals surface area contributed by atoms with Crippen molar-refractivity contribution in [3.63, 3.8) is 0 Å². The fourth-order valence-corrected chi connectivity index (χ4v) is 5.42. The van der Waals surface area contributed by atoms with Crippen molar-refractivity contribution < 1.29 is 0 Å². The molecule has 0 N–H and O–H groups in total. The van der Waals surface area contributed by atoms with E-state index in [2.05, 4.69) is 143 Å². The minimum absolute atomic E-state index is 0.975. The molecule has 0 fully saturated rings. The van der Waals surface area contributed by atoms with Crippen LogP contribution in [0.2, 0.25) is 0 Å². The lowest BCUT2D eigenvalue weighted by atomic mass is 10.2. The first-order valence-corrected chi connectivity index (χ1v) is 20.5. The van der Waals surface area contributed by atoms with Crippen LogP contribution < -0.4 is 0 Å². The Morgan fingerprint density at radius 3 is 1.04 bits per heavy atom. The van der Waals surface area contributed by atoms with Crippen molar-refractivity contribution in [3.8, 4) is 22.8 Å². The zero-order chi connectivity index (χ0) is 40.7. The molecular weight excluding hydrogens is 655 g/mol. The number of nitrogens with zero attached hydrogens (tertiary/aromatic N) is 3. The van der Waals surface area contributed by atoms with Crippen LogP contribution in [0.3, 0.4) is 0 Å². The molecule has 0 bridgehead atoms. The Morgan fingerprint density at radius 2 is 0.611 bits per heavy atom. The first kappa shape index (κ1) is 48.6. The van der Waals surface area contributed by atoms with Gasteiger partial charge in [0.05, 0.1) is 22.1 Å². The number of fused-ring (bicyclic) bond motifs is 4. The fraction of sp³-hybridized carbons (Fsp3) is 0.275. The minimum Gasteiger partial charge on any atom is -0.309 e. The lowest BCUT2D eigenvalue weighted by Crippen LogP contribution is -1.96. The quantitative estimate of drug-likeness (QED) is 0.178. The van der Waals surface area contributed by atoms with E-state index in [1.165, 1.54) is 27.5 Å². The summed E-state index contributed by atoms with van der Waals surface area (Å²) in [6.45, 7) is 28.0. The molecule has 288 valence electrons. The van der Waals surface area contributed by atoms with Gasteiger partial charge in [-0.25, -0.2) is 4.98 Å². The highest BCUT2D eigenvalue weighted by molar-refractivity contribution is 6.09. The predicted octanol–water partition coefficient (Wildman–Crippen LogP) is 16.7. The Kier molecular flexibility index (Phi) is 27.1. The molecule has 8 rings (SSSR count). The highest BCUT2D eigenvalue weighted by Gasteiger charge is 2.13. The second-order valence-corrected chi connectivity index (χ2v) is 9.67. The summed E-state index contributed by atoms with van der Waals surface area (Å²) < 4.78 is 4.54. The molecule has 0 spiro atoms. The molecule has 3 heteroatoms. The number of rotatable bonds is 3. The molecule has 2 heterocycles. The molecule has 2 aromatic heterocycles. The summed E-state index contributed by atoms with van der Waals surface area (Å²) in [5.74, 6) is 0.975. The average Bonchev–Trinajstić information content (AvgIpc) is 3.86. The van der Waals surface area contributed by atoms with Crippen LogP contribution in [0.1, 0.15) is 96.9 Å². The maximum absolute atomic E-state index is 4.82. The number of hydrogen-bond acceptors (Lipinski definition) is 1. The molecular formula is C51H69N3. The molecule has 8 aromatic rings. The lowest BCUT2D eigenvalue weighted by molar-refractivity contribution is 1.10. The maximum Gasteiger partial charge on any atom is 0.145 e. The van der Waals surface area contributed by atoms with Crippen LogP contribution in [0, 0.1) is 0 Å². The zero-order valence-electron chi connectivity index (χ0n) is 35.9. The zero-order valence-corrected chi connectivity index (χ0v) is 35.9. The minimum atomic E-state index is 0.975. The van der Waals surface area contributed by atoms with Gasteiger partial charge in [0.2, 0.25) is 0 Å². The molecule has 0 aliphatic rings. The fourth-order valence-electron chi connectivity index (χ4n) is 5.42. The smallest absolute Gasteiger partial charge is 0.145 e. The summed E-state index contributed by atoms with van der Waals surface area (Å²) in [6, 6.07) is 56.6. The molecule has 0 aliphatic carbocycles. The van der Waals surface area contributed by atoms with E-state index < -0.39 is 0 Å². The van der Waals surface area contributed by atoms with Gasteiger partial charge in [0, 0.05) is 27.7 Å². The first-order chi connectivity index (χ1) is 26.9. The van der Waals surface area contributed by atoms with E-state index in [0.29, 0.717) is 0 Å². The van der Waals surface area contributed by atoms with Gasteiger partial charge in [0.15, 0.2) is 0 Å². The average molecular weight is 724 g/mol. The molecule has 6 aromatic carbocycles. The Hall–Kier alpha value is -5.41. The molecule has 54 heavy (non-hydrogen) atoms. The van der Waals surface area contributed by atoms with Crippen LogP contribution in [0.25, 0.3) is 55.6 Å². The standard InChI is InChI=1S/C19H14N2.C18H13N.7C2H6/c1-3-9-15(10-4-1)19-20-17-13-7-8-14-18(17)21(19)16-11-5-2-6-12-16;1-2-8-14(9-3-1)19-17-12-6-4-10-15(17)16-11-5-7-13-18(16)19;7*1-2/h1-14H;1-13H;7*1-2H3. The van der Waals surface area contributed by atoms with E-state index in [9.17, 15) is 0 Å². The first-order valence-electron chi connectivity index (χ1n) is 20.5. The van der Waals surface area contributed by atoms with Crippen molar-refractivity contribution in [2.75, 3.05) is 0 Å². The van der Waals surface area contributed by atoms with Gasteiger partial charge in [0.1, 0.15) is 5.82 Å². The van der Waals surface area contributed by atoms with Gasteiger partial charge in [-0.1, -0.05) is 212 Å². The Morgan fingerprint density at radius 1 is 0.296 bits per heavy atom. The predicted molar refractivity (Wildman–Crippen MR) is 247 cm³/mol. The van der Waals surface area contributed by atoms with Gasteiger partial charge in [-0.15, -0.1) is 0 Å². The molecule has 0 radical (unpaired) electrons. The van der Waals surface area contributed by atoms with Crippen molar-refractivity contribution in [3.05, 3.63) is 164 Å². The van der Waals surface area contributed by atoms with Gasteiger partial charge >= 0.3 is 0 Å². The number of para-hydroxylation sites is 6. The topological polar surface area (TPSA) is 22.8 Å². The van der Waals surface area contributed by atoms with Gasteiger partial charge in [-0.2, -0.15) is 0 Å². The Bertz CT molecular complexity index is 1980. The van der Waals surface area contributed by atoms with Crippen LogP contribution in [-0.4, -0.2) is 14.1 Å². The molecule has 0 saturated heterocycles. The highest BCUT2D eigenvalue weighted by atomic mass is 15.1. The van der Waals surface area contributed by atoms with E-state index in [1.54, 1.807) is 0 Å². The Labute approximate surface area is 329 Å². The van der Waals surface area contributed by atoms with Crippen molar-refractivity contribution >= 4 is 32.8 Å². The molecule has 3 nitrogen and oxygen atoms in total. The SMILES string of the molecule is CC.CC.CC.CC.CC.CC.CC.c1ccc(-c2nc3ccccc3n2-c2ccccc2)cc1.c1ccc(-n2c3ccccc3c3ccccc32)cc1. The summed E-state index contributed by atoms with van der Waals surface area (Å²) in [5, 5.41) is 2.61. The van der Waals surface area contributed by atoms with Crippen molar-refractivity contribution in [2.45, 2.75) is 96.9 Å². The van der Waals surface area contributed by atoms with Crippen LogP contribution in [0.5, 0.6) is 0 Å². The molecule has 0 saturated carbocycles. The molecule has 0 unspecified atom stereocenters. The number of aromatic nitrogens is 3. The van der Waals surface area contributed by atoms with Crippen LogP contribution in [0.4, 0.5) is 0 Å². The summed E-state index contributed by atoms with van der Waals surface area (Å²) in [7, 11) is 0. The second-order valence-electron chi connectivity index (χ2n) is 9.67. The monoisotopic (exact) mass is 724 g/mol. The van der Waals surface area contributed by atoms with Gasteiger partial charge < -0.3 is 4.57 Å². The van der Waals surface area contributed by atoms with Crippen molar-refractivity contribution in [1.82, 2.24) is 14.1 Å². The van der Waals surface area contributed by atoms with E-state index in [4.69, 9.17) is 4.98 Å². The van der Waals surface area contributed by atoms with Crippen molar-refractivity contribution in [1.29, 1.82) is 0 Å². The normalized spacial score (nSPS) is 8.93. The second kappa shape index (κ2) is 30.1. The van der Waals surface area contributed by atoms with E-state index in [1.807, 2.05) is 127 Å². The summed E-state index contributed by atoms with van der Waals surface area (Å²) in [4.78, 5) is 4.82. The number of benzene rings is 6. The number of imidazole rings is 1. The maximum atomic E-state index is 4.82. The Balaban J connectivity index is 0.000000790. The van der Waals surface area contributed by atoms with Crippen LogP contribution >= 0.6 is 0 Å². The summed E-state index contributed by atoms with van der Waals surface area (Å²) >= 11 is 0. The van der Waals surface area contributed by atoms with Gasteiger partial charge in [0.25, 0.3) is 0 Å². The van der Waals surface area contributed by atoms with Gasteiger partial charge in [-0.05, 0) is 48.5 Å². The molecule has 0 amide bonds. The third-order valence-electron chi connectivity index (χ3n) is 7.20. The van der Waals surface area contributed by atoms with E-state index >= 15 is 0 Å². The summed E-state index contributed by atoms with van der Waals surface area (Å²) in [6.07, 6.45) is 0. The summed E-state index contributed by atoms with van der Waals surface area (Å²) in [5.41, 5.74) is 8.12. The molecule has 0 aliphatic heterocycles. The van der Waals surface area contributed by atoms with Crippen molar-refractivity contribution in [2.24, 2.45) is 0 Å². The largest absolute Gasteiger partial charge is 0.309 e. The van der Waals surface area contributed by atoms with Crippen LogP contribution in [-0.2, 0) is 0 Å². The highest BCUT2D eigenvalue weighted by Crippen LogP contribution is 2.31. The third-order valence-corrected chi connectivity index (χ3v) is 7.20. The van der Waals surface area contributed by atoms with Gasteiger partial charge in [-0.3, -0.25) is 4.57 Å². The number of hydrogen-bond donors (Lipinski definition) is 0. The lowest BCUT2D eigenvalue weighted by Gasteiger charge is -2.09. The third kappa shape index (κ3) is 12.6.